The molecule has 1 aromatic heterocycles. The van der Waals surface area contributed by atoms with E-state index in [1.54, 1.807) is 25.1 Å². The number of carbonyl (C=O) groups excluding carboxylic acids is 3. The summed E-state index contributed by atoms with van der Waals surface area (Å²) >= 11 is 0. The molecule has 4 heterocycles. The highest BCUT2D eigenvalue weighted by atomic mass is 32.2. The lowest BCUT2D eigenvalue weighted by Gasteiger charge is -2.50. The summed E-state index contributed by atoms with van der Waals surface area (Å²) in [4.78, 5) is 62.9. The number of hydrogen-bond acceptors (Lipinski definition) is 10. The van der Waals surface area contributed by atoms with Crippen molar-refractivity contribution in [1.29, 1.82) is 0 Å². The van der Waals surface area contributed by atoms with Gasteiger partial charge in [-0.3, -0.25) is 24.0 Å². The van der Waals surface area contributed by atoms with Gasteiger partial charge in [0.05, 0.1) is 18.4 Å². The quantitative estimate of drug-likeness (QED) is 0.203. The minimum Gasteiger partial charge on any atom is -0.494 e. The smallest absolute Gasteiger partial charge is 0.437 e. The summed E-state index contributed by atoms with van der Waals surface area (Å²) in [5.41, 5.74) is -5.16. The van der Waals surface area contributed by atoms with Crippen molar-refractivity contribution in [3.8, 4) is 11.6 Å². The first-order chi connectivity index (χ1) is 29.2. The summed E-state index contributed by atoms with van der Waals surface area (Å²) in [5, 5.41) is 14.2. The molecule has 2 saturated carbocycles. The fourth-order valence-electron chi connectivity index (χ4n) is 9.31. The Bertz CT molecular complexity index is 2230. The van der Waals surface area contributed by atoms with E-state index in [0.717, 1.165) is 11.0 Å². The molecule has 0 radical (unpaired) electrons. The number of sulfonamides is 1. The first kappa shape index (κ1) is 45.3. The Balaban J connectivity index is 1.33. The molecule has 1 unspecified atom stereocenters. The van der Waals surface area contributed by atoms with E-state index in [9.17, 15) is 27.9 Å². The lowest BCUT2D eigenvalue weighted by molar-refractivity contribution is -0.341. The number of pyridine rings is 1. The van der Waals surface area contributed by atoms with Crippen molar-refractivity contribution in [2.75, 3.05) is 20.3 Å². The summed E-state index contributed by atoms with van der Waals surface area (Å²) < 4.78 is 106. The molecule has 3 aliphatic heterocycles. The van der Waals surface area contributed by atoms with E-state index >= 15 is 22.4 Å². The van der Waals surface area contributed by atoms with E-state index in [-0.39, 0.29) is 66.4 Å². The number of halogens is 4. The van der Waals surface area contributed by atoms with Crippen LogP contribution in [-0.4, -0.2) is 113 Å². The van der Waals surface area contributed by atoms with Crippen molar-refractivity contribution >= 4 is 44.6 Å². The Morgan fingerprint density at radius 3 is 2.53 bits per heavy atom. The lowest BCUT2D eigenvalue weighted by Crippen LogP contribution is -2.70. The summed E-state index contributed by atoms with van der Waals surface area (Å²) in [6, 6.07) is 0.553. The number of ether oxygens (including phenoxy) is 3. The van der Waals surface area contributed by atoms with Crippen molar-refractivity contribution in [2.45, 2.75) is 132 Å². The number of nitrogens with zero attached hydrogens (tertiary/aromatic N) is 3. The van der Waals surface area contributed by atoms with Gasteiger partial charge in [-0.2, -0.15) is 13.2 Å². The highest BCUT2D eigenvalue weighted by Crippen LogP contribution is 2.49. The number of carboxylic acid groups (broad SMARTS) is 1. The monoisotopic (exact) mass is 895 g/mol. The van der Waals surface area contributed by atoms with E-state index in [2.05, 4.69) is 15.0 Å². The van der Waals surface area contributed by atoms with Gasteiger partial charge in [-0.15, -0.1) is 0 Å². The van der Waals surface area contributed by atoms with Crippen LogP contribution in [-0.2, 0) is 29.1 Å². The molecule has 1 aromatic carbocycles. The third kappa shape index (κ3) is 8.28. The van der Waals surface area contributed by atoms with Crippen LogP contribution in [0.15, 0.2) is 36.5 Å². The molecule has 340 valence electrons. The molecule has 2 aliphatic carbocycles. The van der Waals surface area contributed by atoms with Gasteiger partial charge in [-0.1, -0.05) is 32.4 Å². The van der Waals surface area contributed by atoms with E-state index < -0.39 is 111 Å². The van der Waals surface area contributed by atoms with Crippen molar-refractivity contribution in [3.63, 3.8) is 0 Å². The molecule has 5 aliphatic rings. The normalized spacial score (nSPS) is 31.5. The molecule has 4 amide bonds. The Hall–Kier alpha value is -4.72. The van der Waals surface area contributed by atoms with Crippen LogP contribution in [0.3, 0.4) is 0 Å². The molecule has 8 atom stereocenters. The zero-order valence-electron chi connectivity index (χ0n) is 35.0. The van der Waals surface area contributed by atoms with Gasteiger partial charge in [0.1, 0.15) is 23.7 Å². The Kier molecular flexibility index (Phi) is 12.3. The maximum Gasteiger partial charge on any atom is 0.437 e. The first-order valence-electron chi connectivity index (χ1n) is 21.1. The van der Waals surface area contributed by atoms with Crippen LogP contribution >= 0.6 is 0 Å². The SMILES string of the molecule is CC[C@@H]1C[C@H](C)CCC=C[C@@H]2C[C@@]2(C(=O)NS(=O)(=O)C2(C)CC2)NC(=O)[C@@H]2C[C@@H](Oc3nccc4cc(OC)c(F)cc34)CN2C(=O)[C@H]1N(C(=O)O)C1(C(F)(F)F)CCCCO1. The van der Waals surface area contributed by atoms with Crippen LogP contribution < -0.4 is 19.5 Å². The minimum atomic E-state index is -5.28. The number of carbonyl (C=O) groups is 4. The van der Waals surface area contributed by atoms with Gasteiger partial charge in [0.15, 0.2) is 11.6 Å². The average molecular weight is 896 g/mol. The summed E-state index contributed by atoms with van der Waals surface area (Å²) in [6.07, 6.45) is -2.66. The van der Waals surface area contributed by atoms with Gasteiger partial charge in [0.25, 0.3) is 5.91 Å². The van der Waals surface area contributed by atoms with Crippen molar-refractivity contribution in [2.24, 2.45) is 17.8 Å². The molecular formula is C42H53F4N5O10S. The van der Waals surface area contributed by atoms with Crippen molar-refractivity contribution in [1.82, 2.24) is 24.8 Å². The number of benzene rings is 1. The van der Waals surface area contributed by atoms with Gasteiger partial charge in [-0.25, -0.2) is 22.6 Å². The number of rotatable bonds is 9. The van der Waals surface area contributed by atoms with Gasteiger partial charge in [-0.05, 0) is 93.7 Å². The van der Waals surface area contributed by atoms with Gasteiger partial charge in [0.2, 0.25) is 33.4 Å². The Morgan fingerprint density at radius 1 is 1.16 bits per heavy atom. The number of fused-ring (bicyclic) bond motifs is 3. The molecule has 0 spiro atoms. The molecular weight excluding hydrogens is 843 g/mol. The fourth-order valence-corrected chi connectivity index (χ4v) is 10.6. The molecule has 2 aromatic rings. The fraction of sp³-hybridized carbons (Fsp3) is 0.643. The van der Waals surface area contributed by atoms with Crippen LogP contribution in [0, 0.1) is 23.6 Å². The first-order valence-corrected chi connectivity index (χ1v) is 22.6. The number of allylic oxidation sites excluding steroid dienone is 1. The highest BCUT2D eigenvalue weighted by molar-refractivity contribution is 7.91. The number of alkyl halides is 3. The van der Waals surface area contributed by atoms with Gasteiger partial charge >= 0.3 is 12.3 Å². The van der Waals surface area contributed by atoms with Crippen LogP contribution in [0.25, 0.3) is 10.8 Å². The molecule has 0 bridgehead atoms. The zero-order valence-corrected chi connectivity index (χ0v) is 35.8. The largest absolute Gasteiger partial charge is 0.494 e. The van der Waals surface area contributed by atoms with Crippen molar-refractivity contribution < 1.29 is 64.5 Å². The summed E-state index contributed by atoms with van der Waals surface area (Å²) in [7, 11) is -2.87. The second kappa shape index (κ2) is 16.8. The van der Waals surface area contributed by atoms with E-state index in [1.807, 2.05) is 6.92 Å². The molecule has 2 saturated heterocycles. The third-order valence-electron chi connectivity index (χ3n) is 13.4. The predicted octanol–water partition coefficient (Wildman–Crippen LogP) is 5.81. The van der Waals surface area contributed by atoms with Crippen LogP contribution in [0.2, 0.25) is 0 Å². The molecule has 4 fully saturated rings. The number of methoxy groups -OCH3 is 1. The Morgan fingerprint density at radius 2 is 1.90 bits per heavy atom. The lowest BCUT2D eigenvalue weighted by atomic mass is 9.82. The van der Waals surface area contributed by atoms with Gasteiger partial charge < -0.3 is 29.5 Å². The second-order valence-electron chi connectivity index (χ2n) is 17.7. The summed E-state index contributed by atoms with van der Waals surface area (Å²) in [6.45, 7) is 4.12. The van der Waals surface area contributed by atoms with Gasteiger partial charge in [0, 0.05) is 36.9 Å². The average Bonchev–Trinajstić information content (AvgIpc) is 4.10. The van der Waals surface area contributed by atoms with Crippen LogP contribution in [0.1, 0.15) is 91.4 Å². The van der Waals surface area contributed by atoms with E-state index in [4.69, 9.17) is 14.2 Å². The number of amides is 4. The standard InChI is InChI=1S/C42H53F4N5O10S/c1-5-25-18-24(2)10-6-7-11-27-22-40(27,37(54)49-62(57,58)39(3)14-15-39)48-34(52)31-20-28(61-35-29-21-30(43)32(59-4)19-26(29)12-16-47-35)23-50(31)36(53)33(25)51(38(55)56)41(42(44,45)46)13-8-9-17-60-41/h7,11-12,16,19,21,24-25,27-28,31,33H,5-6,8-10,13-15,17-18,20,22-23H2,1-4H3,(H,48,52)(H,49,54)(H,55,56)/t24-,25-,27-,28-,31+,33+,40-,41?/m1/s1. The number of aromatic nitrogens is 1. The Labute approximate surface area is 356 Å². The van der Waals surface area contributed by atoms with E-state index in [1.165, 1.54) is 26.3 Å². The predicted molar refractivity (Wildman–Crippen MR) is 215 cm³/mol. The maximum atomic E-state index is 15.4. The van der Waals surface area contributed by atoms with Crippen molar-refractivity contribution in [3.05, 3.63) is 42.4 Å². The molecule has 7 rings (SSSR count). The third-order valence-corrected chi connectivity index (χ3v) is 15.6. The molecule has 3 N–H and O–H groups in total. The van der Waals surface area contributed by atoms with Crippen LogP contribution in [0.5, 0.6) is 11.6 Å². The zero-order chi connectivity index (χ0) is 45.0. The number of nitrogens with one attached hydrogen (secondary N) is 2. The summed E-state index contributed by atoms with van der Waals surface area (Å²) in [5.74, 6) is -5.79. The van der Waals surface area contributed by atoms with E-state index in [0.29, 0.717) is 31.1 Å². The minimum absolute atomic E-state index is 0.0111. The van der Waals surface area contributed by atoms with Crippen LogP contribution in [0.4, 0.5) is 22.4 Å². The number of hydrogen-bond donors (Lipinski definition) is 3. The molecule has 62 heavy (non-hydrogen) atoms. The molecule has 20 heteroatoms. The molecule has 15 nitrogen and oxygen atoms in total. The maximum absolute atomic E-state index is 15.4. The highest BCUT2D eigenvalue weighted by Gasteiger charge is 2.67. The second-order valence-corrected chi connectivity index (χ2v) is 19.9. The topological polar surface area (TPSA) is 194 Å².